The molecule has 164 valence electrons. The van der Waals surface area contributed by atoms with E-state index in [9.17, 15) is 10.1 Å². The number of hydrogen-bond acceptors (Lipinski definition) is 5. The Morgan fingerprint density at radius 3 is 2.47 bits per heavy atom. The maximum Gasteiger partial charge on any atom is 0.231 e. The van der Waals surface area contributed by atoms with Crippen molar-refractivity contribution in [2.75, 3.05) is 5.75 Å². The first-order chi connectivity index (χ1) is 15.5. The molecule has 0 bridgehead atoms. The summed E-state index contributed by atoms with van der Waals surface area (Å²) in [6.07, 6.45) is 4.45. The molecule has 1 fully saturated rings. The van der Waals surface area contributed by atoms with E-state index < -0.39 is 5.54 Å². The number of rotatable bonds is 6. The molecule has 1 aliphatic carbocycles. The molecule has 0 aliphatic heterocycles. The molecule has 0 spiro atoms. The topological polar surface area (TPSA) is 83.6 Å². The number of nitriles is 1. The van der Waals surface area contributed by atoms with Gasteiger partial charge in [0.05, 0.1) is 11.8 Å². The number of carbonyl (C=O) groups excluding carboxylic acids is 1. The minimum absolute atomic E-state index is 0.156. The number of nitrogens with zero attached hydrogens (tertiary/aromatic N) is 4. The van der Waals surface area contributed by atoms with Gasteiger partial charge in [-0.25, -0.2) is 0 Å². The van der Waals surface area contributed by atoms with Gasteiger partial charge in [-0.1, -0.05) is 72.5 Å². The molecular weight excluding hydrogens is 442 g/mol. The quantitative estimate of drug-likeness (QED) is 0.497. The Bertz CT molecular complexity index is 1130. The van der Waals surface area contributed by atoms with E-state index >= 15 is 0 Å². The molecule has 2 aromatic carbocycles. The zero-order valence-electron chi connectivity index (χ0n) is 17.8. The summed E-state index contributed by atoms with van der Waals surface area (Å²) >= 11 is 7.39. The molecule has 1 heterocycles. The number of aromatic nitrogens is 3. The lowest BCUT2D eigenvalue weighted by molar-refractivity contribution is -0.120. The number of thioether (sulfide) groups is 1. The molecule has 1 aliphatic rings. The van der Waals surface area contributed by atoms with Crippen LogP contribution >= 0.6 is 23.4 Å². The highest BCUT2D eigenvalue weighted by atomic mass is 35.5. The summed E-state index contributed by atoms with van der Waals surface area (Å²) in [5.74, 6) is 0.681. The van der Waals surface area contributed by atoms with Crippen LogP contribution in [0.5, 0.6) is 0 Å². The van der Waals surface area contributed by atoms with Gasteiger partial charge in [0.25, 0.3) is 0 Å². The Kier molecular flexibility index (Phi) is 6.83. The minimum Gasteiger partial charge on any atom is -0.337 e. The van der Waals surface area contributed by atoms with Crippen molar-refractivity contribution in [3.8, 4) is 23.1 Å². The van der Waals surface area contributed by atoms with Crippen molar-refractivity contribution in [2.24, 2.45) is 0 Å². The number of amides is 1. The Labute approximate surface area is 197 Å². The summed E-state index contributed by atoms with van der Waals surface area (Å²) in [6.45, 7) is 2.04. The third-order valence-corrected chi connectivity index (χ3v) is 6.84. The summed E-state index contributed by atoms with van der Waals surface area (Å²) in [5, 5.41) is 22.6. The standard InChI is InChI=1S/C24H24ClN5OS/c1-17-5-7-18(8-6-17)22-28-29-23(30(22)20-11-9-19(25)10-12-20)32-15-21(31)27-24(16-26)13-3-2-4-14-24/h5-12H,2-4,13-15H2,1H3,(H,27,31). The predicted octanol–water partition coefficient (Wildman–Crippen LogP) is 5.33. The largest absolute Gasteiger partial charge is 0.337 e. The highest BCUT2D eigenvalue weighted by Gasteiger charge is 2.33. The summed E-state index contributed by atoms with van der Waals surface area (Å²) in [5.41, 5.74) is 2.21. The van der Waals surface area contributed by atoms with Crippen LogP contribution in [-0.2, 0) is 4.79 Å². The molecule has 4 rings (SSSR count). The zero-order chi connectivity index (χ0) is 22.6. The van der Waals surface area contributed by atoms with E-state index in [2.05, 4.69) is 21.6 Å². The first-order valence-corrected chi connectivity index (χ1v) is 12.0. The van der Waals surface area contributed by atoms with Crippen LogP contribution in [0.2, 0.25) is 5.02 Å². The Balaban J connectivity index is 1.58. The smallest absolute Gasteiger partial charge is 0.231 e. The number of aryl methyl sites for hydroxylation is 1. The van der Waals surface area contributed by atoms with Gasteiger partial charge >= 0.3 is 0 Å². The fraction of sp³-hybridized carbons (Fsp3) is 0.333. The van der Waals surface area contributed by atoms with Crippen molar-refractivity contribution in [1.82, 2.24) is 20.1 Å². The van der Waals surface area contributed by atoms with Crippen LogP contribution in [-0.4, -0.2) is 32.0 Å². The molecular formula is C24H24ClN5OS. The van der Waals surface area contributed by atoms with Crippen LogP contribution in [0.3, 0.4) is 0 Å². The van der Waals surface area contributed by atoms with Gasteiger partial charge < -0.3 is 5.32 Å². The Morgan fingerprint density at radius 1 is 1.12 bits per heavy atom. The predicted molar refractivity (Wildman–Crippen MR) is 127 cm³/mol. The van der Waals surface area contributed by atoms with E-state index in [1.807, 2.05) is 60.0 Å². The van der Waals surface area contributed by atoms with Crippen molar-refractivity contribution >= 4 is 29.3 Å². The second-order valence-corrected chi connectivity index (χ2v) is 9.45. The molecule has 0 unspecified atom stereocenters. The maximum atomic E-state index is 12.7. The monoisotopic (exact) mass is 465 g/mol. The van der Waals surface area contributed by atoms with Crippen LogP contribution in [0.15, 0.2) is 53.7 Å². The van der Waals surface area contributed by atoms with Gasteiger partial charge in [-0.15, -0.1) is 10.2 Å². The molecule has 1 aromatic heterocycles. The number of hydrogen-bond donors (Lipinski definition) is 1. The van der Waals surface area contributed by atoms with Crippen LogP contribution in [0.25, 0.3) is 17.1 Å². The number of benzene rings is 2. The first kappa shape index (κ1) is 22.4. The highest BCUT2D eigenvalue weighted by molar-refractivity contribution is 7.99. The first-order valence-electron chi connectivity index (χ1n) is 10.6. The number of nitrogens with one attached hydrogen (secondary N) is 1. The zero-order valence-corrected chi connectivity index (χ0v) is 19.4. The lowest BCUT2D eigenvalue weighted by atomic mass is 9.83. The lowest BCUT2D eigenvalue weighted by Crippen LogP contribution is -2.49. The van der Waals surface area contributed by atoms with E-state index in [4.69, 9.17) is 11.6 Å². The van der Waals surface area contributed by atoms with Gasteiger partial charge in [-0.05, 0) is 44.0 Å². The van der Waals surface area contributed by atoms with Gasteiger partial charge in [0, 0.05) is 16.3 Å². The van der Waals surface area contributed by atoms with Crippen molar-refractivity contribution < 1.29 is 4.79 Å². The molecule has 3 aromatic rings. The Hall–Kier alpha value is -2.82. The van der Waals surface area contributed by atoms with Crippen molar-refractivity contribution in [2.45, 2.75) is 49.7 Å². The van der Waals surface area contributed by atoms with Crippen molar-refractivity contribution in [3.05, 3.63) is 59.1 Å². The molecule has 1 saturated carbocycles. The summed E-state index contributed by atoms with van der Waals surface area (Å²) in [6, 6.07) is 17.8. The second kappa shape index (κ2) is 9.76. The fourth-order valence-electron chi connectivity index (χ4n) is 3.93. The van der Waals surface area contributed by atoms with E-state index in [0.717, 1.165) is 36.1 Å². The summed E-state index contributed by atoms with van der Waals surface area (Å²) in [7, 11) is 0. The van der Waals surface area contributed by atoms with Crippen LogP contribution in [0.1, 0.15) is 37.7 Å². The average molecular weight is 466 g/mol. The van der Waals surface area contributed by atoms with Gasteiger partial charge in [-0.2, -0.15) is 5.26 Å². The third kappa shape index (κ3) is 4.98. The normalized spacial score (nSPS) is 15.2. The van der Waals surface area contributed by atoms with Gasteiger partial charge in [0.15, 0.2) is 11.0 Å². The highest BCUT2D eigenvalue weighted by Crippen LogP contribution is 2.30. The fourth-order valence-corrected chi connectivity index (χ4v) is 4.81. The SMILES string of the molecule is Cc1ccc(-c2nnc(SCC(=O)NC3(C#N)CCCCC3)n2-c2ccc(Cl)cc2)cc1. The van der Waals surface area contributed by atoms with E-state index in [1.165, 1.54) is 11.8 Å². The van der Waals surface area contributed by atoms with Gasteiger partial charge in [0.1, 0.15) is 5.54 Å². The van der Waals surface area contributed by atoms with Crippen LogP contribution < -0.4 is 5.32 Å². The van der Waals surface area contributed by atoms with E-state index in [1.54, 1.807) is 0 Å². The van der Waals surface area contributed by atoms with Crippen LogP contribution in [0, 0.1) is 18.3 Å². The Morgan fingerprint density at radius 2 is 1.81 bits per heavy atom. The van der Waals surface area contributed by atoms with E-state index in [-0.39, 0.29) is 11.7 Å². The minimum atomic E-state index is -0.743. The molecule has 0 saturated heterocycles. The van der Waals surface area contributed by atoms with Gasteiger partial charge in [-0.3, -0.25) is 9.36 Å². The summed E-state index contributed by atoms with van der Waals surface area (Å²) in [4.78, 5) is 12.7. The third-order valence-electron chi connectivity index (χ3n) is 5.66. The average Bonchev–Trinajstić information content (AvgIpc) is 3.23. The molecule has 0 radical (unpaired) electrons. The van der Waals surface area contributed by atoms with Crippen molar-refractivity contribution in [3.63, 3.8) is 0 Å². The number of carbonyl (C=O) groups is 1. The molecule has 1 N–H and O–H groups in total. The van der Waals surface area contributed by atoms with Crippen molar-refractivity contribution in [1.29, 1.82) is 5.26 Å². The molecule has 32 heavy (non-hydrogen) atoms. The van der Waals surface area contributed by atoms with Gasteiger partial charge in [0.2, 0.25) is 5.91 Å². The van der Waals surface area contributed by atoms with Crippen LogP contribution in [0.4, 0.5) is 0 Å². The molecule has 0 atom stereocenters. The molecule has 1 amide bonds. The lowest BCUT2D eigenvalue weighted by Gasteiger charge is -2.31. The summed E-state index contributed by atoms with van der Waals surface area (Å²) < 4.78 is 1.93. The molecule has 8 heteroatoms. The second-order valence-electron chi connectivity index (χ2n) is 8.08. The maximum absolute atomic E-state index is 12.7. The molecule has 6 nitrogen and oxygen atoms in total. The number of halogens is 1. The van der Waals surface area contributed by atoms with E-state index in [0.29, 0.717) is 28.8 Å².